The Morgan fingerprint density at radius 2 is 2.25 bits per heavy atom. The Kier molecular flexibility index (Phi) is 2.97. The third-order valence-corrected chi connectivity index (χ3v) is 4.94. The Hall–Kier alpha value is -1.45. The highest BCUT2D eigenvalue weighted by Crippen LogP contribution is 2.45. The standard InChI is InChI=1S/C17H20N2O/c1-18-17(14-9-12-5-6-16(14)20-12)13-4-2-3-11-7-8-19-10-15(11)13/h2-4,7-8,10,12,14,16-18H,5-6,9H2,1H3. The Morgan fingerprint density at radius 3 is 3.00 bits per heavy atom. The van der Waals surface area contributed by atoms with E-state index in [0.29, 0.717) is 24.2 Å². The van der Waals surface area contributed by atoms with Gasteiger partial charge in [-0.25, -0.2) is 0 Å². The van der Waals surface area contributed by atoms with Crippen molar-refractivity contribution < 1.29 is 4.74 Å². The van der Waals surface area contributed by atoms with Gasteiger partial charge in [0.1, 0.15) is 0 Å². The maximum Gasteiger partial charge on any atom is 0.0627 e. The maximum absolute atomic E-state index is 6.05. The van der Waals surface area contributed by atoms with Gasteiger partial charge in [-0.2, -0.15) is 0 Å². The van der Waals surface area contributed by atoms with Crippen molar-refractivity contribution in [1.82, 2.24) is 10.3 Å². The van der Waals surface area contributed by atoms with E-state index in [1.54, 1.807) is 0 Å². The van der Waals surface area contributed by atoms with Crippen LogP contribution in [0.15, 0.2) is 36.7 Å². The molecule has 1 N–H and O–H groups in total. The fourth-order valence-corrected chi connectivity index (χ4v) is 4.04. The molecule has 3 nitrogen and oxygen atoms in total. The molecule has 4 rings (SSSR count). The molecular formula is C17H20N2O. The zero-order valence-corrected chi connectivity index (χ0v) is 11.8. The zero-order chi connectivity index (χ0) is 13.5. The number of nitrogens with one attached hydrogen (secondary N) is 1. The summed E-state index contributed by atoms with van der Waals surface area (Å²) >= 11 is 0. The predicted molar refractivity (Wildman–Crippen MR) is 79.5 cm³/mol. The first-order chi connectivity index (χ1) is 9.86. The van der Waals surface area contributed by atoms with Crippen molar-refractivity contribution in [2.24, 2.45) is 5.92 Å². The van der Waals surface area contributed by atoms with E-state index >= 15 is 0 Å². The molecule has 2 aromatic rings. The van der Waals surface area contributed by atoms with E-state index in [9.17, 15) is 0 Å². The molecule has 0 spiro atoms. The van der Waals surface area contributed by atoms with E-state index in [0.717, 1.165) is 0 Å². The summed E-state index contributed by atoms with van der Waals surface area (Å²) in [6.45, 7) is 0. The molecule has 2 bridgehead atoms. The number of ether oxygens (including phenoxy) is 1. The molecule has 2 saturated heterocycles. The minimum atomic E-state index is 0.359. The molecule has 2 aliphatic rings. The largest absolute Gasteiger partial charge is 0.375 e. The molecule has 0 amide bonds. The summed E-state index contributed by atoms with van der Waals surface area (Å²) in [5.41, 5.74) is 1.36. The second-order valence-electron chi connectivity index (χ2n) is 5.98. The topological polar surface area (TPSA) is 34.2 Å². The van der Waals surface area contributed by atoms with Crippen molar-refractivity contribution in [2.45, 2.75) is 37.5 Å². The summed E-state index contributed by atoms with van der Waals surface area (Å²) in [7, 11) is 2.06. The van der Waals surface area contributed by atoms with Crippen molar-refractivity contribution in [1.29, 1.82) is 0 Å². The SMILES string of the molecule is CNC(c1cccc2ccncc12)C1CC2CCC1O2. The van der Waals surface area contributed by atoms with Crippen LogP contribution in [0.3, 0.4) is 0 Å². The van der Waals surface area contributed by atoms with Gasteiger partial charge in [-0.1, -0.05) is 18.2 Å². The van der Waals surface area contributed by atoms with Gasteiger partial charge >= 0.3 is 0 Å². The van der Waals surface area contributed by atoms with Gasteiger partial charge in [-0.05, 0) is 43.3 Å². The normalized spacial score (nSPS) is 29.9. The Labute approximate surface area is 119 Å². The number of aromatic nitrogens is 1. The monoisotopic (exact) mass is 268 g/mol. The summed E-state index contributed by atoms with van der Waals surface area (Å²) in [5, 5.41) is 6.06. The highest BCUT2D eigenvalue weighted by Gasteiger charge is 2.44. The number of fused-ring (bicyclic) bond motifs is 3. The fourth-order valence-electron chi connectivity index (χ4n) is 4.04. The lowest BCUT2D eigenvalue weighted by Crippen LogP contribution is -2.31. The van der Waals surface area contributed by atoms with Gasteiger partial charge in [0.15, 0.2) is 0 Å². The number of hydrogen-bond acceptors (Lipinski definition) is 3. The molecule has 0 saturated carbocycles. The predicted octanol–water partition coefficient (Wildman–Crippen LogP) is 3.06. The average molecular weight is 268 g/mol. The highest BCUT2D eigenvalue weighted by molar-refractivity contribution is 5.85. The summed E-state index contributed by atoms with van der Waals surface area (Å²) in [4.78, 5) is 4.31. The van der Waals surface area contributed by atoms with E-state index < -0.39 is 0 Å². The molecular weight excluding hydrogens is 248 g/mol. The molecule has 1 aromatic carbocycles. The number of pyridine rings is 1. The van der Waals surface area contributed by atoms with Crippen LogP contribution in [0.2, 0.25) is 0 Å². The van der Waals surface area contributed by atoms with Crippen LogP contribution in [0.4, 0.5) is 0 Å². The first kappa shape index (κ1) is 12.3. The average Bonchev–Trinajstić information content (AvgIpc) is 3.11. The molecule has 2 aliphatic heterocycles. The van der Waals surface area contributed by atoms with Gasteiger partial charge in [0.05, 0.1) is 12.2 Å². The molecule has 3 heteroatoms. The van der Waals surface area contributed by atoms with Crippen molar-refractivity contribution >= 4 is 10.8 Å². The minimum Gasteiger partial charge on any atom is -0.375 e. The number of nitrogens with zero attached hydrogens (tertiary/aromatic N) is 1. The second-order valence-corrected chi connectivity index (χ2v) is 5.98. The molecule has 104 valence electrons. The zero-order valence-electron chi connectivity index (χ0n) is 11.8. The first-order valence-corrected chi connectivity index (χ1v) is 7.52. The van der Waals surface area contributed by atoms with Crippen LogP contribution in [0.25, 0.3) is 10.8 Å². The van der Waals surface area contributed by atoms with Crippen LogP contribution in [0.1, 0.15) is 30.9 Å². The van der Waals surface area contributed by atoms with Crippen molar-refractivity contribution in [2.75, 3.05) is 7.05 Å². The molecule has 2 fully saturated rings. The summed E-state index contributed by atoms with van der Waals surface area (Å²) in [6, 6.07) is 8.99. The van der Waals surface area contributed by atoms with Crippen molar-refractivity contribution in [3.63, 3.8) is 0 Å². The molecule has 1 aromatic heterocycles. The smallest absolute Gasteiger partial charge is 0.0627 e. The van der Waals surface area contributed by atoms with E-state index in [1.165, 1.54) is 35.6 Å². The van der Waals surface area contributed by atoms with Crippen LogP contribution in [-0.4, -0.2) is 24.2 Å². The van der Waals surface area contributed by atoms with Crippen LogP contribution >= 0.6 is 0 Å². The lowest BCUT2D eigenvalue weighted by Gasteiger charge is -2.29. The van der Waals surface area contributed by atoms with Crippen LogP contribution < -0.4 is 5.32 Å². The quantitative estimate of drug-likeness (QED) is 0.929. The Bertz CT molecular complexity index is 622. The minimum absolute atomic E-state index is 0.359. The Balaban J connectivity index is 1.76. The van der Waals surface area contributed by atoms with Gasteiger partial charge in [-0.3, -0.25) is 4.98 Å². The highest BCUT2D eigenvalue weighted by atomic mass is 16.5. The third-order valence-electron chi connectivity index (χ3n) is 4.94. The van der Waals surface area contributed by atoms with Crippen LogP contribution in [0.5, 0.6) is 0 Å². The lowest BCUT2D eigenvalue weighted by molar-refractivity contribution is 0.0864. The van der Waals surface area contributed by atoms with E-state index in [1.807, 2.05) is 12.4 Å². The van der Waals surface area contributed by atoms with Crippen molar-refractivity contribution in [3.05, 3.63) is 42.2 Å². The van der Waals surface area contributed by atoms with Gasteiger partial charge in [0, 0.05) is 29.7 Å². The first-order valence-electron chi connectivity index (χ1n) is 7.52. The van der Waals surface area contributed by atoms with Gasteiger partial charge in [0.2, 0.25) is 0 Å². The molecule has 0 aliphatic carbocycles. The maximum atomic E-state index is 6.05. The molecule has 4 unspecified atom stereocenters. The number of rotatable bonds is 3. The molecule has 3 heterocycles. The van der Waals surface area contributed by atoms with E-state index in [2.05, 4.69) is 41.6 Å². The van der Waals surface area contributed by atoms with Crippen LogP contribution in [0, 0.1) is 5.92 Å². The third kappa shape index (κ3) is 1.85. The number of benzene rings is 1. The van der Waals surface area contributed by atoms with Crippen LogP contribution in [-0.2, 0) is 4.74 Å². The number of hydrogen-bond donors (Lipinski definition) is 1. The summed E-state index contributed by atoms with van der Waals surface area (Å²) in [6.07, 6.45) is 8.43. The Morgan fingerprint density at radius 1 is 1.30 bits per heavy atom. The van der Waals surface area contributed by atoms with E-state index in [-0.39, 0.29) is 0 Å². The lowest BCUT2D eigenvalue weighted by atomic mass is 9.80. The van der Waals surface area contributed by atoms with Gasteiger partial charge < -0.3 is 10.1 Å². The summed E-state index contributed by atoms with van der Waals surface area (Å²) in [5.74, 6) is 0.588. The van der Waals surface area contributed by atoms with Gasteiger partial charge in [0.25, 0.3) is 0 Å². The molecule has 20 heavy (non-hydrogen) atoms. The van der Waals surface area contributed by atoms with E-state index in [4.69, 9.17) is 4.74 Å². The van der Waals surface area contributed by atoms with Gasteiger partial charge in [-0.15, -0.1) is 0 Å². The molecule has 4 atom stereocenters. The molecule has 0 radical (unpaired) electrons. The second kappa shape index (κ2) is 4.83. The van der Waals surface area contributed by atoms with Crippen molar-refractivity contribution in [3.8, 4) is 0 Å². The fraction of sp³-hybridized carbons (Fsp3) is 0.471. The summed E-state index contributed by atoms with van der Waals surface area (Å²) < 4.78 is 6.05.